The maximum absolute atomic E-state index is 12.0. The van der Waals surface area contributed by atoms with Crippen molar-refractivity contribution >= 4 is 45.7 Å². The molecule has 0 amide bonds. The molecule has 0 aromatic carbocycles. The van der Waals surface area contributed by atoms with Gasteiger partial charge in [0, 0.05) is 18.2 Å². The zero-order chi connectivity index (χ0) is 25.4. The maximum atomic E-state index is 12.0. The highest BCUT2D eigenvalue weighted by atomic mass is 28.5. The third kappa shape index (κ3) is 17.7. The summed E-state index contributed by atoms with van der Waals surface area (Å²) in [5.41, 5.74) is 0. The molecule has 14 heteroatoms. The van der Waals surface area contributed by atoms with E-state index in [0.29, 0.717) is 18.5 Å². The van der Waals surface area contributed by atoms with E-state index in [0.717, 1.165) is 6.08 Å². The minimum Gasteiger partial charge on any atom is -0.463 e. The van der Waals surface area contributed by atoms with Crippen LogP contribution in [-0.2, 0) is 31.4 Å². The molecule has 7 nitrogen and oxygen atoms in total. The maximum Gasteiger partial charge on any atom is 0.469 e. The topological polar surface area (TPSA) is 80.3 Å². The largest absolute Gasteiger partial charge is 0.469 e. The number of carbonyl (C=O) groups excluding carboxylic acids is 2. The average molecular weight is 535 g/mol. The Hall–Kier alpha value is -0.782. The molecule has 0 radical (unpaired) electrons. The Morgan fingerprint density at radius 3 is 1.44 bits per heavy atom. The minimum atomic E-state index is -4.63. The summed E-state index contributed by atoms with van der Waals surface area (Å²) >= 11 is 0. The Bertz CT molecular complexity index is 610. The Balaban J connectivity index is 5.02. The van der Waals surface area contributed by atoms with Gasteiger partial charge < -0.3 is 21.8 Å². The van der Waals surface area contributed by atoms with Crippen LogP contribution >= 0.6 is 0 Å². The van der Waals surface area contributed by atoms with Crippen LogP contribution < -0.4 is 0 Å². The second-order valence-corrected chi connectivity index (χ2v) is 27.1. The zero-order valence-electron chi connectivity index (χ0n) is 20.5. The lowest BCUT2D eigenvalue weighted by molar-refractivity contribution is -0.182. The molecule has 0 aromatic rings. The normalized spacial score (nSPS) is 14.0. The number of halogens is 3. The van der Waals surface area contributed by atoms with Crippen LogP contribution in [0, 0.1) is 0 Å². The molecule has 0 saturated heterocycles. The van der Waals surface area contributed by atoms with Crippen molar-refractivity contribution in [1.29, 1.82) is 0 Å². The molecule has 0 fully saturated rings. The monoisotopic (exact) mass is 534 g/mol. The standard InChI is InChI=1S/C18H37F3O7Si4/c1-29(2,3)26-32(27-30(4,5)6,28-31(7,8)9)14-10-13-24-16(22)11-12-17(23)25-15-18(19,20)21/h11-12H,10,13-15H2,1-9H3/b12-11+. The zero-order valence-corrected chi connectivity index (χ0v) is 24.5. The van der Waals surface area contributed by atoms with Crippen molar-refractivity contribution in [1.82, 2.24) is 0 Å². The number of esters is 2. The molecule has 0 heterocycles. The van der Waals surface area contributed by atoms with Crippen LogP contribution in [-0.4, -0.2) is 65.1 Å². The van der Waals surface area contributed by atoms with Crippen molar-refractivity contribution in [2.24, 2.45) is 0 Å². The molecule has 0 unspecified atom stereocenters. The van der Waals surface area contributed by atoms with Gasteiger partial charge >= 0.3 is 26.9 Å². The van der Waals surface area contributed by atoms with E-state index >= 15 is 0 Å². The van der Waals surface area contributed by atoms with E-state index in [1.807, 2.05) is 0 Å². The first kappa shape index (κ1) is 31.2. The van der Waals surface area contributed by atoms with Crippen LogP contribution in [0.5, 0.6) is 0 Å². The molecule has 0 rings (SSSR count). The Morgan fingerprint density at radius 2 is 1.09 bits per heavy atom. The van der Waals surface area contributed by atoms with E-state index in [4.69, 9.17) is 17.1 Å². The summed E-state index contributed by atoms with van der Waals surface area (Å²) < 4.78 is 64.6. The lowest BCUT2D eigenvalue weighted by Crippen LogP contribution is -2.60. The van der Waals surface area contributed by atoms with Crippen molar-refractivity contribution in [3.05, 3.63) is 12.2 Å². The van der Waals surface area contributed by atoms with E-state index in [9.17, 15) is 22.8 Å². The molecule has 0 aliphatic rings. The summed E-state index contributed by atoms with van der Waals surface area (Å²) in [6.45, 7) is 16.9. The second-order valence-electron chi connectivity index (χ2n) is 10.2. The van der Waals surface area contributed by atoms with E-state index in [1.54, 1.807) is 0 Å². The number of ether oxygens (including phenoxy) is 2. The number of carbonyl (C=O) groups is 2. The van der Waals surface area contributed by atoms with Gasteiger partial charge in [0.1, 0.15) is 0 Å². The van der Waals surface area contributed by atoms with Gasteiger partial charge in [-0.15, -0.1) is 0 Å². The van der Waals surface area contributed by atoms with Gasteiger partial charge in [0.15, 0.2) is 31.6 Å². The first-order chi connectivity index (χ1) is 14.1. The summed E-state index contributed by atoms with van der Waals surface area (Å²) in [5.74, 6) is -2.13. The van der Waals surface area contributed by atoms with Gasteiger partial charge in [0.05, 0.1) is 6.61 Å². The molecule has 0 saturated carbocycles. The first-order valence-corrected chi connectivity index (χ1v) is 22.5. The predicted molar refractivity (Wildman–Crippen MR) is 126 cm³/mol. The third-order valence-electron chi connectivity index (χ3n) is 2.99. The summed E-state index contributed by atoms with van der Waals surface area (Å²) in [7, 11) is -9.09. The van der Waals surface area contributed by atoms with Gasteiger partial charge in [0.25, 0.3) is 0 Å². The third-order valence-corrected chi connectivity index (χ3v) is 15.0. The molecule has 0 N–H and O–H groups in total. The number of hydrogen-bond donors (Lipinski definition) is 0. The summed E-state index contributed by atoms with van der Waals surface area (Å²) in [5, 5.41) is 0. The highest BCUT2D eigenvalue weighted by Crippen LogP contribution is 2.29. The van der Waals surface area contributed by atoms with Gasteiger partial charge in [-0.25, -0.2) is 9.59 Å². The fourth-order valence-corrected chi connectivity index (χ4v) is 17.1. The number of hydrogen-bond acceptors (Lipinski definition) is 7. The smallest absolute Gasteiger partial charge is 0.463 e. The molecule has 0 bridgehead atoms. The summed E-state index contributed by atoms with van der Waals surface area (Å²) in [4.78, 5) is 23.0. The molecule has 0 aliphatic heterocycles. The molecule has 0 aliphatic carbocycles. The van der Waals surface area contributed by atoms with Gasteiger partial charge in [0.2, 0.25) is 0 Å². The van der Waals surface area contributed by atoms with Crippen molar-refractivity contribution < 1.29 is 44.6 Å². The van der Waals surface area contributed by atoms with Crippen LogP contribution in [0.3, 0.4) is 0 Å². The van der Waals surface area contributed by atoms with Gasteiger partial charge in [-0.2, -0.15) is 13.2 Å². The SMILES string of the molecule is C[Si](C)(C)O[Si](CCCOC(=O)/C=C/C(=O)OCC(F)(F)F)(O[Si](C)(C)C)O[Si](C)(C)C. The number of rotatable bonds is 13. The Labute approximate surface area is 193 Å². The van der Waals surface area contributed by atoms with Gasteiger partial charge in [-0.3, -0.25) is 0 Å². The number of alkyl halides is 3. The van der Waals surface area contributed by atoms with Crippen LogP contribution in [0.2, 0.25) is 65.0 Å². The van der Waals surface area contributed by atoms with E-state index in [1.165, 1.54) is 0 Å². The Kier molecular flexibility index (Phi) is 11.8. The molecule has 0 atom stereocenters. The highest BCUT2D eigenvalue weighted by Gasteiger charge is 2.49. The Morgan fingerprint density at radius 1 is 0.719 bits per heavy atom. The first-order valence-electron chi connectivity index (χ1n) is 10.3. The van der Waals surface area contributed by atoms with Gasteiger partial charge in [-0.05, 0) is 65.3 Å². The summed E-state index contributed by atoms with van der Waals surface area (Å²) in [6, 6.07) is 0.469. The molecule has 32 heavy (non-hydrogen) atoms. The van der Waals surface area contributed by atoms with Crippen LogP contribution in [0.4, 0.5) is 13.2 Å². The van der Waals surface area contributed by atoms with Crippen LogP contribution in [0.15, 0.2) is 12.2 Å². The molecule has 0 spiro atoms. The highest BCUT2D eigenvalue weighted by molar-refractivity contribution is 6.90. The molecule has 0 aromatic heterocycles. The summed E-state index contributed by atoms with van der Waals surface area (Å²) in [6.07, 6.45) is -2.87. The van der Waals surface area contributed by atoms with Crippen molar-refractivity contribution in [2.45, 2.75) is 77.6 Å². The lowest BCUT2D eigenvalue weighted by Gasteiger charge is -2.42. The molecular formula is C18H37F3O7Si4. The molecule has 188 valence electrons. The van der Waals surface area contributed by atoms with Gasteiger partial charge in [-0.1, -0.05) is 0 Å². The van der Waals surface area contributed by atoms with Crippen molar-refractivity contribution in [3.8, 4) is 0 Å². The van der Waals surface area contributed by atoms with Crippen LogP contribution in [0.25, 0.3) is 0 Å². The molecular weight excluding hydrogens is 498 g/mol. The lowest BCUT2D eigenvalue weighted by atomic mass is 10.5. The van der Waals surface area contributed by atoms with E-state index in [2.05, 4.69) is 63.7 Å². The fraction of sp³-hybridized carbons (Fsp3) is 0.778. The predicted octanol–water partition coefficient (Wildman–Crippen LogP) is 5.07. The van der Waals surface area contributed by atoms with Crippen LogP contribution in [0.1, 0.15) is 6.42 Å². The van der Waals surface area contributed by atoms with Crippen molar-refractivity contribution in [3.63, 3.8) is 0 Å². The van der Waals surface area contributed by atoms with E-state index in [-0.39, 0.29) is 6.61 Å². The fourth-order valence-electron chi connectivity index (χ4n) is 2.46. The van der Waals surface area contributed by atoms with E-state index < -0.39 is 58.5 Å². The minimum absolute atomic E-state index is 0.0225. The quantitative estimate of drug-likeness (QED) is 0.141. The second kappa shape index (κ2) is 12.1. The van der Waals surface area contributed by atoms with Crippen molar-refractivity contribution in [2.75, 3.05) is 13.2 Å². The average Bonchev–Trinajstić information content (AvgIpc) is 2.49.